The summed E-state index contributed by atoms with van der Waals surface area (Å²) in [5, 5.41) is 9.76. The summed E-state index contributed by atoms with van der Waals surface area (Å²) in [4.78, 5) is 14.3. The second kappa shape index (κ2) is 6.40. The van der Waals surface area contributed by atoms with Crippen LogP contribution in [0.1, 0.15) is 45.1 Å². The number of carbonyl (C=O) groups is 1. The zero-order valence-electron chi connectivity index (χ0n) is 12.5. The molecule has 1 aliphatic rings. The fraction of sp³-hybridized carbons (Fsp3) is 0.588. The molecule has 0 amide bonds. The maximum atomic E-state index is 11.9. The van der Waals surface area contributed by atoms with E-state index >= 15 is 0 Å². The van der Waals surface area contributed by atoms with Gasteiger partial charge in [0.2, 0.25) is 0 Å². The minimum Gasteiger partial charge on any atom is -0.481 e. The molecule has 0 aliphatic carbocycles. The molecule has 1 fully saturated rings. The highest BCUT2D eigenvalue weighted by atomic mass is 16.4. The van der Waals surface area contributed by atoms with Gasteiger partial charge in [0.1, 0.15) is 0 Å². The molecule has 0 saturated carbocycles. The van der Waals surface area contributed by atoms with Crippen molar-refractivity contribution < 1.29 is 9.90 Å². The highest BCUT2D eigenvalue weighted by Gasteiger charge is 2.43. The summed E-state index contributed by atoms with van der Waals surface area (Å²) in [6, 6.07) is 10.3. The molecular formula is C17H25NO2. The van der Waals surface area contributed by atoms with Crippen molar-refractivity contribution in [2.24, 2.45) is 0 Å². The first-order valence-corrected chi connectivity index (χ1v) is 7.67. The molecular weight excluding hydrogens is 250 g/mol. The van der Waals surface area contributed by atoms with E-state index in [1.165, 1.54) is 0 Å². The average Bonchev–Trinajstić information content (AvgIpc) is 2.50. The number of likely N-dealkylation sites (tertiary alicyclic amines) is 1. The molecule has 0 aromatic heterocycles. The first-order valence-electron chi connectivity index (χ1n) is 7.67. The lowest BCUT2D eigenvalue weighted by molar-refractivity contribution is -0.146. The molecule has 1 N–H and O–H groups in total. The molecule has 0 unspecified atom stereocenters. The zero-order chi connectivity index (χ0) is 14.6. The molecule has 1 heterocycles. The van der Waals surface area contributed by atoms with Gasteiger partial charge in [0.15, 0.2) is 0 Å². The summed E-state index contributed by atoms with van der Waals surface area (Å²) in [5.74, 6) is -0.673. The minimum absolute atomic E-state index is 0.595. The SMILES string of the molecule is CCC(CC)N1CCC(C(=O)O)(c2ccccc2)CC1. The van der Waals surface area contributed by atoms with E-state index in [-0.39, 0.29) is 0 Å². The van der Waals surface area contributed by atoms with Crippen molar-refractivity contribution in [3.05, 3.63) is 35.9 Å². The smallest absolute Gasteiger partial charge is 0.314 e. The number of carboxylic acid groups (broad SMARTS) is 1. The predicted molar refractivity (Wildman–Crippen MR) is 80.9 cm³/mol. The van der Waals surface area contributed by atoms with Crippen LogP contribution >= 0.6 is 0 Å². The van der Waals surface area contributed by atoms with Gasteiger partial charge in [-0.3, -0.25) is 4.79 Å². The molecule has 0 bridgehead atoms. The van der Waals surface area contributed by atoms with E-state index in [2.05, 4.69) is 18.7 Å². The van der Waals surface area contributed by atoms with Crippen LogP contribution < -0.4 is 0 Å². The summed E-state index contributed by atoms with van der Waals surface area (Å²) in [6.07, 6.45) is 3.70. The number of nitrogens with zero attached hydrogens (tertiary/aromatic N) is 1. The highest BCUT2D eigenvalue weighted by molar-refractivity contribution is 5.81. The van der Waals surface area contributed by atoms with Gasteiger partial charge in [0.25, 0.3) is 0 Å². The second-order valence-corrected chi connectivity index (χ2v) is 5.76. The monoisotopic (exact) mass is 275 g/mol. The topological polar surface area (TPSA) is 40.5 Å². The first kappa shape index (κ1) is 15.0. The lowest BCUT2D eigenvalue weighted by Gasteiger charge is -2.42. The summed E-state index contributed by atoms with van der Waals surface area (Å²) >= 11 is 0. The molecule has 1 aromatic carbocycles. The molecule has 1 aromatic rings. The summed E-state index contributed by atoms with van der Waals surface area (Å²) in [5.41, 5.74) is 0.265. The van der Waals surface area contributed by atoms with Gasteiger partial charge in [-0.2, -0.15) is 0 Å². The fourth-order valence-electron chi connectivity index (χ4n) is 3.46. The van der Waals surface area contributed by atoms with Crippen molar-refractivity contribution in [2.45, 2.75) is 51.0 Å². The lowest BCUT2D eigenvalue weighted by Crippen LogP contribution is -2.50. The van der Waals surface area contributed by atoms with E-state index in [1.807, 2.05) is 30.3 Å². The fourth-order valence-corrected chi connectivity index (χ4v) is 3.46. The molecule has 110 valence electrons. The number of piperidine rings is 1. The molecule has 1 saturated heterocycles. The zero-order valence-corrected chi connectivity index (χ0v) is 12.5. The molecule has 20 heavy (non-hydrogen) atoms. The van der Waals surface area contributed by atoms with Crippen LogP contribution in [0, 0.1) is 0 Å². The Bertz CT molecular complexity index is 432. The van der Waals surface area contributed by atoms with E-state index in [9.17, 15) is 9.90 Å². The highest BCUT2D eigenvalue weighted by Crippen LogP contribution is 2.36. The Kier molecular flexibility index (Phi) is 4.81. The van der Waals surface area contributed by atoms with Crippen molar-refractivity contribution in [3.8, 4) is 0 Å². The Morgan fingerprint density at radius 1 is 1.20 bits per heavy atom. The van der Waals surface area contributed by atoms with Crippen LogP contribution in [0.2, 0.25) is 0 Å². The molecule has 0 spiro atoms. The van der Waals surface area contributed by atoms with E-state index in [4.69, 9.17) is 0 Å². The van der Waals surface area contributed by atoms with Crippen LogP contribution in [-0.2, 0) is 10.2 Å². The summed E-state index contributed by atoms with van der Waals surface area (Å²) < 4.78 is 0. The standard InChI is InChI=1S/C17H25NO2/c1-3-15(4-2)18-12-10-17(11-13-18,16(19)20)14-8-6-5-7-9-14/h5-9,15H,3-4,10-13H2,1-2H3,(H,19,20). The van der Waals surface area contributed by atoms with Crippen LogP contribution in [0.25, 0.3) is 0 Å². The Balaban J connectivity index is 2.17. The molecule has 0 atom stereocenters. The summed E-state index contributed by atoms with van der Waals surface area (Å²) in [6.45, 7) is 6.19. The number of aliphatic carboxylic acids is 1. The number of hydrogen-bond acceptors (Lipinski definition) is 2. The maximum Gasteiger partial charge on any atom is 0.314 e. The van der Waals surface area contributed by atoms with Gasteiger partial charge in [-0.05, 0) is 44.3 Å². The van der Waals surface area contributed by atoms with Crippen molar-refractivity contribution in [1.82, 2.24) is 4.90 Å². The summed E-state index contributed by atoms with van der Waals surface area (Å²) in [7, 11) is 0. The van der Waals surface area contributed by atoms with E-state index in [0.29, 0.717) is 18.9 Å². The Morgan fingerprint density at radius 3 is 2.20 bits per heavy atom. The van der Waals surface area contributed by atoms with Crippen molar-refractivity contribution in [2.75, 3.05) is 13.1 Å². The third-order valence-electron chi connectivity index (χ3n) is 4.85. The van der Waals surface area contributed by atoms with E-state index in [1.54, 1.807) is 0 Å². The minimum atomic E-state index is -0.691. The van der Waals surface area contributed by atoms with Gasteiger partial charge < -0.3 is 10.0 Å². The second-order valence-electron chi connectivity index (χ2n) is 5.76. The number of rotatable bonds is 5. The van der Waals surface area contributed by atoms with Crippen molar-refractivity contribution in [3.63, 3.8) is 0 Å². The first-order chi connectivity index (χ1) is 9.64. The maximum absolute atomic E-state index is 11.9. The van der Waals surface area contributed by atoms with Gasteiger partial charge >= 0.3 is 5.97 Å². The average molecular weight is 275 g/mol. The van der Waals surface area contributed by atoms with Crippen molar-refractivity contribution >= 4 is 5.97 Å². The van der Waals surface area contributed by atoms with Gasteiger partial charge in [-0.15, -0.1) is 0 Å². The number of hydrogen-bond donors (Lipinski definition) is 1. The number of carboxylic acids is 1. The third kappa shape index (κ3) is 2.73. The van der Waals surface area contributed by atoms with Crippen molar-refractivity contribution in [1.29, 1.82) is 0 Å². The number of benzene rings is 1. The van der Waals surface area contributed by atoms with Gasteiger partial charge in [-0.25, -0.2) is 0 Å². The Morgan fingerprint density at radius 2 is 1.75 bits per heavy atom. The molecule has 3 nitrogen and oxygen atoms in total. The van der Waals surface area contributed by atoms with Crippen LogP contribution in [0.5, 0.6) is 0 Å². The van der Waals surface area contributed by atoms with Crippen LogP contribution in [-0.4, -0.2) is 35.1 Å². The van der Waals surface area contributed by atoms with Crippen LogP contribution in [0.4, 0.5) is 0 Å². The van der Waals surface area contributed by atoms with Gasteiger partial charge in [0.05, 0.1) is 5.41 Å². The third-order valence-corrected chi connectivity index (χ3v) is 4.85. The van der Waals surface area contributed by atoms with Gasteiger partial charge in [0, 0.05) is 6.04 Å². The Labute approximate surface area is 121 Å². The van der Waals surface area contributed by atoms with Crippen LogP contribution in [0.15, 0.2) is 30.3 Å². The quantitative estimate of drug-likeness (QED) is 0.896. The van der Waals surface area contributed by atoms with E-state index < -0.39 is 11.4 Å². The lowest BCUT2D eigenvalue weighted by atomic mass is 9.72. The molecule has 2 rings (SSSR count). The van der Waals surface area contributed by atoms with E-state index in [0.717, 1.165) is 31.5 Å². The predicted octanol–water partition coefficient (Wildman–Crippen LogP) is 3.29. The van der Waals surface area contributed by atoms with Gasteiger partial charge in [-0.1, -0.05) is 44.2 Å². The van der Waals surface area contributed by atoms with Crippen LogP contribution in [0.3, 0.4) is 0 Å². The molecule has 3 heteroatoms. The molecule has 0 radical (unpaired) electrons. The molecule has 1 aliphatic heterocycles. The Hall–Kier alpha value is -1.35. The normalized spacial score (nSPS) is 19.1. The largest absolute Gasteiger partial charge is 0.481 e.